The summed E-state index contributed by atoms with van der Waals surface area (Å²) in [6.07, 6.45) is -0.640. The molecular formula is C41H30ClF6N9O4S2. The van der Waals surface area contributed by atoms with Crippen molar-refractivity contribution >= 4 is 57.2 Å². The van der Waals surface area contributed by atoms with E-state index in [-0.39, 0.29) is 15.5 Å². The Hall–Kier alpha value is -6.71. The number of anilines is 1. The Morgan fingerprint density at radius 1 is 0.556 bits per heavy atom. The number of hydrogen-bond acceptors (Lipinski definition) is 13. The van der Waals surface area contributed by atoms with Gasteiger partial charge in [0.25, 0.3) is 9.05 Å². The highest BCUT2D eigenvalue weighted by Gasteiger charge is 2.32. The normalized spacial score (nSPS) is 12.0. The number of nitrogens with zero attached hydrogens (tertiary/aromatic N) is 8. The van der Waals surface area contributed by atoms with Crippen LogP contribution >= 0.6 is 10.7 Å². The number of sulfone groups is 1. The molecule has 0 aliphatic heterocycles. The van der Waals surface area contributed by atoms with Gasteiger partial charge in [0.15, 0.2) is 9.84 Å². The highest BCUT2D eigenvalue weighted by molar-refractivity contribution is 8.13. The van der Waals surface area contributed by atoms with Crippen LogP contribution in [0.4, 0.5) is 32.2 Å². The quantitative estimate of drug-likeness (QED) is 0.123. The van der Waals surface area contributed by atoms with E-state index in [2.05, 4.69) is 39.9 Å². The van der Waals surface area contributed by atoms with Gasteiger partial charge in [0.1, 0.15) is 31.1 Å². The summed E-state index contributed by atoms with van der Waals surface area (Å²) in [6, 6.07) is 18.4. The van der Waals surface area contributed by atoms with E-state index in [1.165, 1.54) is 80.0 Å². The Labute approximate surface area is 359 Å². The zero-order valence-corrected chi connectivity index (χ0v) is 34.9. The third-order valence-corrected chi connectivity index (χ3v) is 12.1. The second-order valence-electron chi connectivity index (χ2n) is 13.4. The van der Waals surface area contributed by atoms with Gasteiger partial charge in [-0.15, -0.1) is 0 Å². The zero-order chi connectivity index (χ0) is 45.7. The molecule has 0 saturated carbocycles. The molecule has 8 rings (SSSR count). The number of halogens is 7. The number of nitrogen functional groups attached to an aromatic ring is 1. The summed E-state index contributed by atoms with van der Waals surface area (Å²) in [7, 11) is -2.28. The number of aryl methyl sites for hydroxylation is 2. The number of alkyl halides is 6. The van der Waals surface area contributed by atoms with Crippen molar-refractivity contribution in [3.8, 4) is 22.5 Å². The number of fused-ring (bicyclic) bond motifs is 2. The van der Waals surface area contributed by atoms with Gasteiger partial charge in [0.2, 0.25) is 0 Å². The minimum Gasteiger partial charge on any atom is -0.384 e. The van der Waals surface area contributed by atoms with E-state index in [1.807, 2.05) is 0 Å². The Kier molecular flexibility index (Phi) is 13.3. The zero-order valence-electron chi connectivity index (χ0n) is 32.5. The molecule has 0 amide bonds. The summed E-state index contributed by atoms with van der Waals surface area (Å²) in [5.74, 6) is 0.215. The molecule has 0 aliphatic rings. The van der Waals surface area contributed by atoms with Crippen molar-refractivity contribution in [2.75, 3.05) is 5.73 Å². The van der Waals surface area contributed by atoms with Gasteiger partial charge in [-0.1, -0.05) is 12.1 Å². The van der Waals surface area contributed by atoms with Gasteiger partial charge in [-0.25, -0.2) is 56.7 Å². The van der Waals surface area contributed by atoms with E-state index < -0.39 is 42.4 Å². The Morgan fingerprint density at radius 3 is 1.43 bits per heavy atom. The second kappa shape index (κ2) is 18.3. The van der Waals surface area contributed by atoms with Crippen molar-refractivity contribution in [2.45, 2.75) is 41.7 Å². The van der Waals surface area contributed by atoms with Crippen LogP contribution in [0.25, 0.3) is 44.3 Å². The summed E-state index contributed by atoms with van der Waals surface area (Å²) >= 11 is 0. The maximum atomic E-state index is 13.0. The predicted molar refractivity (Wildman–Crippen MR) is 222 cm³/mol. The smallest absolute Gasteiger partial charge is 0.384 e. The third-order valence-electron chi connectivity index (χ3n) is 9.06. The fourth-order valence-electron chi connectivity index (χ4n) is 6.04. The summed E-state index contributed by atoms with van der Waals surface area (Å²) in [6.45, 7) is 3.12. The molecule has 8 aromatic rings. The van der Waals surface area contributed by atoms with Crippen LogP contribution < -0.4 is 5.73 Å². The van der Waals surface area contributed by atoms with Crippen molar-refractivity contribution in [2.24, 2.45) is 0 Å². The Balaban J connectivity index is 0.000000184. The Bertz CT molecular complexity index is 3170. The maximum Gasteiger partial charge on any atom is 0.416 e. The summed E-state index contributed by atoms with van der Waals surface area (Å²) < 4.78 is 126. The van der Waals surface area contributed by atoms with Crippen LogP contribution in [0.1, 0.15) is 27.9 Å². The number of aromatic nitrogens is 8. The first-order valence-corrected chi connectivity index (χ1v) is 21.9. The van der Waals surface area contributed by atoms with Crippen molar-refractivity contribution < 1.29 is 43.2 Å². The van der Waals surface area contributed by atoms with E-state index in [4.69, 9.17) is 16.4 Å². The molecule has 63 heavy (non-hydrogen) atoms. The monoisotopic (exact) mass is 925 g/mol. The summed E-state index contributed by atoms with van der Waals surface area (Å²) in [4.78, 5) is 31.5. The molecule has 4 aromatic carbocycles. The van der Waals surface area contributed by atoms with Crippen LogP contribution in [0.15, 0.2) is 132 Å². The molecule has 4 aromatic heterocycles. The fourth-order valence-corrected chi connectivity index (χ4v) is 8.11. The molecule has 0 radical (unpaired) electrons. The minimum atomic E-state index is -4.44. The van der Waals surface area contributed by atoms with Gasteiger partial charge in [0.05, 0.1) is 54.8 Å². The molecule has 324 valence electrons. The number of nitrogens with two attached hydrogens (primary N) is 1. The lowest BCUT2D eigenvalue weighted by Gasteiger charge is -2.12. The molecule has 0 atom stereocenters. The molecule has 22 heteroatoms. The average molecular weight is 926 g/mol. The standard InChI is InChI=1S/C21H15F3N4O2S.C16H10ClF3N2O2S.C4H5N3/c1-13-8-14(21(22,23)24)2-4-17(13)20-18-5-3-16(9-19(18)27-12-28-20)31(29,30)10-15-6-7-25-11-26-15;1-9-6-10(16(18,19)20)2-4-12(9)15-13-5-3-11(25(17,23)24)7-14(13)21-8-22-15;5-4-1-2-6-3-7-4/h2-9,11-12H,10H2,1H3;2-8H,1H3;1-3H,(H2,5,6,7). The van der Waals surface area contributed by atoms with Gasteiger partial charge in [-0.3, -0.25) is 0 Å². The minimum absolute atomic E-state index is 0.0624. The van der Waals surface area contributed by atoms with Gasteiger partial charge in [0, 0.05) is 45.0 Å². The highest BCUT2D eigenvalue weighted by atomic mass is 35.7. The molecule has 0 spiro atoms. The van der Waals surface area contributed by atoms with Crippen LogP contribution in [0.2, 0.25) is 0 Å². The topological polar surface area (TPSA) is 197 Å². The van der Waals surface area contributed by atoms with E-state index in [9.17, 15) is 43.2 Å². The van der Waals surface area contributed by atoms with Gasteiger partial charge < -0.3 is 5.73 Å². The first-order valence-electron chi connectivity index (χ1n) is 17.9. The van der Waals surface area contributed by atoms with Gasteiger partial charge in [-0.2, -0.15) is 26.3 Å². The van der Waals surface area contributed by atoms with E-state index >= 15 is 0 Å². The third kappa shape index (κ3) is 11.2. The van der Waals surface area contributed by atoms with Gasteiger partial charge >= 0.3 is 12.4 Å². The largest absolute Gasteiger partial charge is 0.416 e. The first-order chi connectivity index (χ1) is 29.6. The molecule has 4 heterocycles. The predicted octanol–water partition coefficient (Wildman–Crippen LogP) is 9.00. The number of hydrogen-bond donors (Lipinski definition) is 1. The van der Waals surface area contributed by atoms with E-state index in [0.717, 1.165) is 24.3 Å². The molecular weight excluding hydrogens is 896 g/mol. The van der Waals surface area contributed by atoms with Crippen LogP contribution in [-0.4, -0.2) is 56.7 Å². The lowest BCUT2D eigenvalue weighted by molar-refractivity contribution is -0.138. The lowest BCUT2D eigenvalue weighted by Crippen LogP contribution is -2.07. The highest BCUT2D eigenvalue weighted by Crippen LogP contribution is 2.36. The molecule has 2 N–H and O–H groups in total. The molecule has 0 aliphatic carbocycles. The molecule has 0 fully saturated rings. The van der Waals surface area contributed by atoms with Crippen molar-refractivity contribution in [3.05, 3.63) is 151 Å². The number of rotatable bonds is 6. The average Bonchev–Trinajstić information content (AvgIpc) is 3.23. The lowest BCUT2D eigenvalue weighted by atomic mass is 9.99. The molecule has 0 bridgehead atoms. The van der Waals surface area contributed by atoms with E-state index in [0.29, 0.717) is 67.0 Å². The maximum absolute atomic E-state index is 13.0. The SMILES string of the molecule is Cc1cc(C(F)(F)F)ccc1-c1ncnc2cc(S(=O)(=O)Cc3ccncn3)ccc12.Cc1cc(C(F)(F)F)ccc1-c1ncnc2cc(S(=O)(=O)Cl)ccc12.Nc1ccncn1. The summed E-state index contributed by atoms with van der Waals surface area (Å²) in [5, 5.41) is 1.04. The fraction of sp³-hybridized carbons (Fsp3) is 0.122. The second-order valence-corrected chi connectivity index (χ2v) is 17.9. The van der Waals surface area contributed by atoms with Crippen molar-refractivity contribution in [1.29, 1.82) is 0 Å². The van der Waals surface area contributed by atoms with Crippen LogP contribution in [0.3, 0.4) is 0 Å². The molecule has 0 saturated heterocycles. The number of benzene rings is 4. The molecule has 0 unspecified atom stereocenters. The molecule has 13 nitrogen and oxygen atoms in total. The van der Waals surface area contributed by atoms with Crippen LogP contribution in [0.5, 0.6) is 0 Å². The Morgan fingerprint density at radius 2 is 1.03 bits per heavy atom. The summed E-state index contributed by atoms with van der Waals surface area (Å²) in [5.41, 5.74) is 7.41. The van der Waals surface area contributed by atoms with Crippen molar-refractivity contribution in [1.82, 2.24) is 39.9 Å². The van der Waals surface area contributed by atoms with Gasteiger partial charge in [-0.05, 0) is 97.8 Å². The van der Waals surface area contributed by atoms with E-state index in [1.54, 1.807) is 32.2 Å². The van der Waals surface area contributed by atoms with Crippen molar-refractivity contribution in [3.63, 3.8) is 0 Å². The first kappa shape index (κ1) is 45.8. The van der Waals surface area contributed by atoms with Crippen LogP contribution in [0, 0.1) is 13.8 Å². The van der Waals surface area contributed by atoms with Crippen LogP contribution in [-0.2, 0) is 37.0 Å².